The van der Waals surface area contributed by atoms with Crippen molar-refractivity contribution >= 4 is 40.5 Å². The summed E-state index contributed by atoms with van der Waals surface area (Å²) in [6.07, 6.45) is 1.32. The van der Waals surface area contributed by atoms with Gasteiger partial charge in [-0.05, 0) is 24.3 Å². The monoisotopic (exact) mass is 459 g/mol. The molecule has 4 aromatic rings. The molecular weight excluding hydrogens is 442 g/mol. The van der Waals surface area contributed by atoms with Crippen molar-refractivity contribution in [1.82, 2.24) is 15.0 Å². The molecule has 0 atom stereocenters. The van der Waals surface area contributed by atoms with E-state index in [1.54, 1.807) is 42.5 Å². The molecule has 0 spiro atoms. The first-order valence-electron chi connectivity index (χ1n) is 9.79. The third-order valence-electron chi connectivity index (χ3n) is 4.58. The zero-order valence-electron chi connectivity index (χ0n) is 17.1. The number of amides is 1. The first kappa shape index (κ1) is 21.9. The lowest BCUT2D eigenvalue weighted by molar-refractivity contribution is -0.384. The number of para-hydroxylation sites is 2. The summed E-state index contributed by atoms with van der Waals surface area (Å²) in [5, 5.41) is 15.6. The van der Waals surface area contributed by atoms with Crippen LogP contribution in [0.2, 0.25) is 0 Å². The number of carbonyl (C=O) groups is 1. The highest BCUT2D eigenvalue weighted by molar-refractivity contribution is 7.99. The summed E-state index contributed by atoms with van der Waals surface area (Å²) in [5.41, 5.74) is 3.76. The van der Waals surface area contributed by atoms with Gasteiger partial charge >= 0.3 is 0 Å². The molecule has 164 valence electrons. The highest BCUT2D eigenvalue weighted by Gasteiger charge is 2.14. The molecule has 0 aliphatic rings. The number of hydrazone groups is 1. The first-order valence-corrected chi connectivity index (χ1v) is 10.8. The second kappa shape index (κ2) is 9.88. The van der Waals surface area contributed by atoms with E-state index >= 15 is 0 Å². The Morgan fingerprint density at radius 2 is 1.85 bits per heavy atom. The van der Waals surface area contributed by atoms with Crippen molar-refractivity contribution in [2.24, 2.45) is 5.10 Å². The Labute approximate surface area is 191 Å². The summed E-state index contributed by atoms with van der Waals surface area (Å²) < 4.78 is 1.48. The lowest BCUT2D eigenvalue weighted by Gasteiger charge is -2.12. The number of nitrogens with one attached hydrogen (secondary N) is 1. The maximum atomic E-state index is 13.1. The van der Waals surface area contributed by atoms with Gasteiger partial charge in [0.2, 0.25) is 0 Å². The van der Waals surface area contributed by atoms with E-state index in [4.69, 9.17) is 0 Å². The minimum atomic E-state index is -0.505. The molecule has 33 heavy (non-hydrogen) atoms. The predicted molar refractivity (Wildman–Crippen MR) is 127 cm³/mol. The van der Waals surface area contributed by atoms with Crippen LogP contribution >= 0.6 is 11.8 Å². The van der Waals surface area contributed by atoms with Crippen molar-refractivity contribution in [3.8, 4) is 5.69 Å². The van der Waals surface area contributed by atoms with E-state index in [1.165, 1.54) is 29.0 Å². The molecule has 1 N–H and O–H groups in total. The number of benzene rings is 3. The Hall–Kier alpha value is -4.31. The highest BCUT2D eigenvalue weighted by atomic mass is 32.2. The fourth-order valence-electron chi connectivity index (χ4n) is 3.07. The Bertz CT molecular complexity index is 1420. The van der Waals surface area contributed by atoms with Gasteiger partial charge in [-0.25, -0.2) is 10.4 Å². The summed E-state index contributed by atoms with van der Waals surface area (Å²) in [5.74, 6) is -0.451. The highest BCUT2D eigenvalue weighted by Crippen LogP contribution is 2.21. The molecule has 0 saturated heterocycles. The number of fused-ring (bicyclic) bond motifs is 1. The maximum Gasteiger partial charge on any atom is 0.270 e. The van der Waals surface area contributed by atoms with Gasteiger partial charge in [-0.15, -0.1) is 0 Å². The molecule has 0 saturated carbocycles. The zero-order valence-corrected chi connectivity index (χ0v) is 17.9. The lowest BCUT2D eigenvalue weighted by Crippen LogP contribution is -2.24. The number of nitro benzene ring substituents is 1. The molecule has 1 amide bonds. The van der Waals surface area contributed by atoms with E-state index in [0.717, 1.165) is 11.8 Å². The van der Waals surface area contributed by atoms with Gasteiger partial charge in [0.1, 0.15) is 0 Å². The maximum absolute atomic E-state index is 13.1. The van der Waals surface area contributed by atoms with Gasteiger partial charge in [0.15, 0.2) is 5.16 Å². The van der Waals surface area contributed by atoms with E-state index in [2.05, 4.69) is 15.5 Å². The minimum absolute atomic E-state index is 0.0378. The van der Waals surface area contributed by atoms with Gasteiger partial charge in [0, 0.05) is 17.7 Å². The van der Waals surface area contributed by atoms with Crippen LogP contribution in [0.1, 0.15) is 5.56 Å². The van der Waals surface area contributed by atoms with Crippen LogP contribution < -0.4 is 11.0 Å². The van der Waals surface area contributed by atoms with Crippen LogP contribution in [0.4, 0.5) is 5.69 Å². The smallest absolute Gasteiger partial charge is 0.270 e. The van der Waals surface area contributed by atoms with Gasteiger partial charge in [-0.2, -0.15) is 5.10 Å². The van der Waals surface area contributed by atoms with E-state index in [-0.39, 0.29) is 17.0 Å². The SMILES string of the molecule is O=C(CSc1nc2ccccc2c(=O)n1-c1ccccc1)NN=Cc1cccc([N+](=O)[O-])c1. The number of nitro groups is 1. The largest absolute Gasteiger partial charge is 0.272 e. The van der Waals surface area contributed by atoms with Crippen LogP contribution in [0.5, 0.6) is 0 Å². The van der Waals surface area contributed by atoms with E-state index in [9.17, 15) is 19.7 Å². The summed E-state index contributed by atoms with van der Waals surface area (Å²) >= 11 is 1.11. The van der Waals surface area contributed by atoms with Crippen molar-refractivity contribution in [2.45, 2.75) is 5.16 Å². The number of non-ortho nitro benzene ring substituents is 1. The predicted octanol–water partition coefficient (Wildman–Crippen LogP) is 3.54. The normalized spacial score (nSPS) is 11.0. The number of aromatic nitrogens is 2. The molecule has 0 unspecified atom stereocenters. The quantitative estimate of drug-likeness (QED) is 0.148. The second-order valence-corrected chi connectivity index (χ2v) is 7.76. The summed E-state index contributed by atoms with van der Waals surface area (Å²) in [4.78, 5) is 40.4. The Kier molecular flexibility index (Phi) is 6.56. The number of nitrogens with zero attached hydrogens (tertiary/aromatic N) is 4. The molecule has 1 heterocycles. The number of rotatable bonds is 7. The van der Waals surface area contributed by atoms with Crippen LogP contribution in [0.3, 0.4) is 0 Å². The van der Waals surface area contributed by atoms with Crippen LogP contribution in [0, 0.1) is 10.1 Å². The Balaban J connectivity index is 1.52. The summed E-state index contributed by atoms with van der Waals surface area (Å²) in [6.45, 7) is 0. The van der Waals surface area contributed by atoms with Crippen LogP contribution in [-0.2, 0) is 4.79 Å². The van der Waals surface area contributed by atoms with Crippen molar-refractivity contribution in [3.05, 3.63) is 105 Å². The van der Waals surface area contributed by atoms with Gasteiger partial charge in [0.05, 0.1) is 33.5 Å². The molecule has 0 radical (unpaired) electrons. The van der Waals surface area contributed by atoms with Crippen molar-refractivity contribution in [2.75, 3.05) is 5.75 Å². The molecule has 10 heteroatoms. The molecule has 0 fully saturated rings. The van der Waals surface area contributed by atoms with Crippen molar-refractivity contribution in [3.63, 3.8) is 0 Å². The third kappa shape index (κ3) is 5.13. The molecule has 1 aromatic heterocycles. The molecule has 0 aliphatic heterocycles. The second-order valence-electron chi connectivity index (χ2n) is 6.82. The van der Waals surface area contributed by atoms with Crippen LogP contribution in [-0.4, -0.2) is 32.3 Å². The molecular formula is C23H17N5O4S. The van der Waals surface area contributed by atoms with Crippen LogP contribution in [0.15, 0.2) is 93.9 Å². The van der Waals surface area contributed by atoms with Crippen LogP contribution in [0.25, 0.3) is 16.6 Å². The molecule has 0 bridgehead atoms. The van der Waals surface area contributed by atoms with Gasteiger partial charge in [0.25, 0.3) is 17.2 Å². The number of carbonyl (C=O) groups excluding carboxylic acids is 1. The topological polar surface area (TPSA) is 119 Å². The van der Waals surface area contributed by atoms with E-state index in [0.29, 0.717) is 27.3 Å². The standard InChI is InChI=1S/C23H17N5O4S/c29-21(26-24-14-16-7-6-10-18(13-16)28(31)32)15-33-23-25-20-12-5-4-11-19(20)22(30)27(23)17-8-2-1-3-9-17/h1-14H,15H2,(H,26,29). The zero-order chi connectivity index (χ0) is 23.2. The van der Waals surface area contributed by atoms with Gasteiger partial charge in [-0.1, -0.05) is 54.2 Å². The number of hydrogen-bond donors (Lipinski definition) is 1. The number of hydrogen-bond acceptors (Lipinski definition) is 7. The molecule has 0 aliphatic carbocycles. The summed E-state index contributed by atoms with van der Waals surface area (Å²) in [7, 11) is 0. The first-order chi connectivity index (χ1) is 16.0. The van der Waals surface area contributed by atoms with E-state index in [1.807, 2.05) is 18.2 Å². The number of thioether (sulfide) groups is 1. The minimum Gasteiger partial charge on any atom is -0.272 e. The van der Waals surface area contributed by atoms with Gasteiger partial charge < -0.3 is 0 Å². The average Bonchev–Trinajstić information content (AvgIpc) is 2.83. The van der Waals surface area contributed by atoms with E-state index < -0.39 is 10.8 Å². The van der Waals surface area contributed by atoms with Crippen molar-refractivity contribution < 1.29 is 9.72 Å². The van der Waals surface area contributed by atoms with Crippen molar-refractivity contribution in [1.29, 1.82) is 0 Å². The Morgan fingerprint density at radius 1 is 1.09 bits per heavy atom. The Morgan fingerprint density at radius 3 is 2.64 bits per heavy atom. The molecule has 3 aromatic carbocycles. The van der Waals surface area contributed by atoms with Gasteiger partial charge in [-0.3, -0.25) is 24.3 Å². The fraction of sp³-hybridized carbons (Fsp3) is 0.0435. The molecule has 9 nitrogen and oxygen atoms in total. The lowest BCUT2D eigenvalue weighted by atomic mass is 10.2. The summed E-state index contributed by atoms with van der Waals surface area (Å²) in [6, 6.07) is 22.0. The molecule has 4 rings (SSSR count). The average molecular weight is 459 g/mol. The fourth-order valence-corrected chi connectivity index (χ4v) is 3.88. The third-order valence-corrected chi connectivity index (χ3v) is 5.51.